The van der Waals surface area contributed by atoms with Gasteiger partial charge in [0, 0.05) is 41.9 Å². The number of aromatic nitrogens is 1. The number of nitrogens with zero attached hydrogens (tertiary/aromatic N) is 1. The second-order valence-electron chi connectivity index (χ2n) is 7.85. The Hall–Kier alpha value is -2.83. The summed E-state index contributed by atoms with van der Waals surface area (Å²) < 4.78 is 28.4. The van der Waals surface area contributed by atoms with Gasteiger partial charge in [-0.05, 0) is 25.8 Å². The van der Waals surface area contributed by atoms with Crippen molar-refractivity contribution in [2.45, 2.75) is 53.1 Å². The minimum absolute atomic E-state index is 0.0689. The fourth-order valence-electron chi connectivity index (χ4n) is 3.94. The van der Waals surface area contributed by atoms with Crippen molar-refractivity contribution in [3.8, 4) is 0 Å². The van der Waals surface area contributed by atoms with E-state index in [0.717, 1.165) is 25.0 Å². The molecule has 0 aliphatic carbocycles. The van der Waals surface area contributed by atoms with Gasteiger partial charge in [-0.1, -0.05) is 26.3 Å². The van der Waals surface area contributed by atoms with E-state index in [9.17, 15) is 23.2 Å². The number of ketones is 1. The molecule has 5 nitrogen and oxygen atoms in total. The molecule has 0 radical (unpaired) electrons. The van der Waals surface area contributed by atoms with Gasteiger partial charge in [-0.3, -0.25) is 14.4 Å². The van der Waals surface area contributed by atoms with Crippen LogP contribution in [0.15, 0.2) is 29.2 Å². The van der Waals surface area contributed by atoms with Crippen molar-refractivity contribution in [2.75, 3.05) is 0 Å². The third kappa shape index (κ3) is 3.86. The molecule has 7 heteroatoms. The predicted molar refractivity (Wildman–Crippen MR) is 105 cm³/mol. The highest BCUT2D eigenvalue weighted by molar-refractivity contribution is 6.02. The second-order valence-corrected chi connectivity index (χ2v) is 7.85. The largest absolute Gasteiger partial charge is 0.348 e. The number of Topliss-reactive ketones (excluding diaryl/α,β-unsaturated/α-hetero) is 1. The van der Waals surface area contributed by atoms with Crippen molar-refractivity contribution in [3.63, 3.8) is 0 Å². The lowest BCUT2D eigenvalue weighted by Gasteiger charge is -2.35. The van der Waals surface area contributed by atoms with E-state index in [2.05, 4.69) is 5.32 Å². The third-order valence-electron chi connectivity index (χ3n) is 5.68. The van der Waals surface area contributed by atoms with Crippen molar-refractivity contribution >= 4 is 11.7 Å². The number of aryl methyl sites for hydroxylation is 1. The van der Waals surface area contributed by atoms with Crippen molar-refractivity contribution in [2.24, 2.45) is 5.41 Å². The molecule has 1 amide bonds. The Kier molecular flexibility index (Phi) is 5.68. The average molecular weight is 402 g/mol. The quantitative estimate of drug-likeness (QED) is 0.828. The molecule has 0 saturated heterocycles. The summed E-state index contributed by atoms with van der Waals surface area (Å²) in [5.74, 6) is -2.21. The first kappa shape index (κ1) is 20.9. The summed E-state index contributed by atoms with van der Waals surface area (Å²) in [6, 6.07) is 3.07. The highest BCUT2D eigenvalue weighted by atomic mass is 19.1. The van der Waals surface area contributed by atoms with Crippen molar-refractivity contribution < 1.29 is 18.4 Å². The van der Waals surface area contributed by atoms with Crippen LogP contribution in [0.1, 0.15) is 65.1 Å². The van der Waals surface area contributed by atoms with Gasteiger partial charge in [-0.25, -0.2) is 8.78 Å². The molecule has 0 spiro atoms. The van der Waals surface area contributed by atoms with Gasteiger partial charge in [0.15, 0.2) is 11.2 Å². The zero-order chi connectivity index (χ0) is 21.3. The van der Waals surface area contributed by atoms with Crippen LogP contribution in [0.5, 0.6) is 0 Å². The summed E-state index contributed by atoms with van der Waals surface area (Å²) >= 11 is 0. The third-order valence-corrected chi connectivity index (χ3v) is 5.68. The molecule has 1 atom stereocenters. The van der Waals surface area contributed by atoms with E-state index in [1.807, 2.05) is 13.8 Å². The number of benzene rings is 1. The van der Waals surface area contributed by atoms with Gasteiger partial charge in [0.1, 0.15) is 17.2 Å². The van der Waals surface area contributed by atoms with Gasteiger partial charge in [0.2, 0.25) is 0 Å². The van der Waals surface area contributed by atoms with E-state index in [1.54, 1.807) is 11.5 Å². The molecular formula is C22H24F2N2O3. The van der Waals surface area contributed by atoms with Gasteiger partial charge in [-0.15, -0.1) is 0 Å². The number of carbonyl (C=O) groups excluding carboxylic acids is 2. The number of carbonyl (C=O) groups is 2. The molecule has 3 rings (SSSR count). The average Bonchev–Trinajstić information content (AvgIpc) is 2.67. The smallest absolute Gasteiger partial charge is 0.257 e. The number of pyridine rings is 1. The number of nitrogens with one attached hydrogen (secondary N) is 1. The lowest BCUT2D eigenvalue weighted by molar-refractivity contribution is 0.0726. The molecule has 1 N–H and O–H groups in total. The predicted octanol–water partition coefficient (Wildman–Crippen LogP) is 3.76. The Labute approximate surface area is 167 Å². The standard InChI is InChI=1S/C22H24F2N2O3/c1-4-7-22(3)8-9-26-12-16(19(27)13(2)18(26)20(22)28)21(29)25-11-14-5-6-15(23)10-17(14)24/h5-6,10,12H,4,7-9,11H2,1-3H3,(H,25,29)/t22-/m0/s1. The normalized spacial score (nSPS) is 18.4. The summed E-state index contributed by atoms with van der Waals surface area (Å²) in [4.78, 5) is 38.4. The Morgan fingerprint density at radius 1 is 1.28 bits per heavy atom. The maximum atomic E-state index is 13.8. The summed E-state index contributed by atoms with van der Waals surface area (Å²) in [7, 11) is 0. The first-order valence-electron chi connectivity index (χ1n) is 9.69. The van der Waals surface area contributed by atoms with Crippen LogP contribution in [0.4, 0.5) is 8.78 Å². The number of halogens is 2. The molecule has 29 heavy (non-hydrogen) atoms. The van der Waals surface area contributed by atoms with Crippen molar-refractivity contribution in [1.82, 2.24) is 9.88 Å². The molecule has 154 valence electrons. The lowest BCUT2D eigenvalue weighted by atomic mass is 9.74. The number of amides is 1. The van der Waals surface area contributed by atoms with Gasteiger partial charge in [0.05, 0.1) is 5.69 Å². The first-order valence-corrected chi connectivity index (χ1v) is 9.69. The number of hydrogen-bond donors (Lipinski definition) is 1. The van der Waals surface area contributed by atoms with Gasteiger partial charge in [0.25, 0.3) is 5.91 Å². The molecule has 0 fully saturated rings. The lowest BCUT2D eigenvalue weighted by Crippen LogP contribution is -2.40. The van der Waals surface area contributed by atoms with Gasteiger partial charge >= 0.3 is 0 Å². The molecule has 0 unspecified atom stereocenters. The summed E-state index contributed by atoms with van der Waals surface area (Å²) in [6.07, 6.45) is 3.65. The van der Waals surface area contributed by atoms with E-state index in [0.29, 0.717) is 18.7 Å². The Balaban J connectivity index is 1.88. The molecule has 1 aliphatic heterocycles. The van der Waals surface area contributed by atoms with Crippen molar-refractivity contribution in [1.29, 1.82) is 0 Å². The van der Waals surface area contributed by atoms with E-state index in [-0.39, 0.29) is 29.0 Å². The van der Waals surface area contributed by atoms with Crippen LogP contribution in [0.3, 0.4) is 0 Å². The minimum Gasteiger partial charge on any atom is -0.348 e. The molecule has 1 aromatic heterocycles. The summed E-state index contributed by atoms with van der Waals surface area (Å²) in [6.45, 7) is 5.85. The first-order chi connectivity index (χ1) is 13.7. The SMILES string of the molecule is CCC[C@@]1(C)CCn2cc(C(=O)NCc3ccc(F)cc3F)c(=O)c(C)c2C1=O. The Morgan fingerprint density at radius 2 is 2.00 bits per heavy atom. The van der Waals surface area contributed by atoms with Crippen molar-refractivity contribution in [3.05, 3.63) is 68.6 Å². The maximum Gasteiger partial charge on any atom is 0.257 e. The molecule has 0 saturated carbocycles. The van der Waals surface area contributed by atoms with Crippen LogP contribution in [-0.2, 0) is 13.1 Å². The maximum absolute atomic E-state index is 13.8. The van der Waals surface area contributed by atoms with E-state index < -0.39 is 28.4 Å². The van der Waals surface area contributed by atoms with Crippen LogP contribution in [-0.4, -0.2) is 16.3 Å². The number of fused-ring (bicyclic) bond motifs is 1. The van der Waals surface area contributed by atoms with Crippen LogP contribution in [0.25, 0.3) is 0 Å². The number of rotatable bonds is 5. The zero-order valence-electron chi connectivity index (χ0n) is 16.8. The molecule has 2 aromatic rings. The van der Waals surface area contributed by atoms with E-state index >= 15 is 0 Å². The zero-order valence-corrected chi connectivity index (χ0v) is 16.8. The fourth-order valence-corrected chi connectivity index (χ4v) is 3.94. The van der Waals surface area contributed by atoms with Gasteiger partial charge < -0.3 is 9.88 Å². The van der Waals surface area contributed by atoms with Crippen LogP contribution in [0.2, 0.25) is 0 Å². The van der Waals surface area contributed by atoms with E-state index in [4.69, 9.17) is 0 Å². The van der Waals surface area contributed by atoms with Crippen LogP contribution in [0, 0.1) is 24.0 Å². The monoisotopic (exact) mass is 402 g/mol. The molecule has 1 aromatic carbocycles. The topological polar surface area (TPSA) is 68.2 Å². The highest BCUT2D eigenvalue weighted by Gasteiger charge is 2.39. The number of hydrogen-bond acceptors (Lipinski definition) is 3. The summed E-state index contributed by atoms with van der Waals surface area (Å²) in [5, 5.41) is 2.50. The second kappa shape index (κ2) is 7.89. The van der Waals surface area contributed by atoms with E-state index in [1.165, 1.54) is 12.3 Å². The molecular weight excluding hydrogens is 378 g/mol. The highest BCUT2D eigenvalue weighted by Crippen LogP contribution is 2.36. The minimum atomic E-state index is -0.774. The van der Waals surface area contributed by atoms with Gasteiger partial charge in [-0.2, -0.15) is 0 Å². The summed E-state index contributed by atoms with van der Waals surface area (Å²) in [5.41, 5.74) is -0.394. The molecule has 2 heterocycles. The Bertz CT molecular complexity index is 1050. The van der Waals surface area contributed by atoms with Crippen LogP contribution < -0.4 is 10.7 Å². The molecule has 1 aliphatic rings. The Morgan fingerprint density at radius 3 is 2.66 bits per heavy atom. The molecule has 0 bridgehead atoms. The van der Waals surface area contributed by atoms with Crippen LogP contribution >= 0.6 is 0 Å². The fraction of sp³-hybridized carbons (Fsp3) is 0.409.